The molecule has 2 aromatic rings. The number of carbonyl (C=O) groups excluding carboxylic acids is 1. The van der Waals surface area contributed by atoms with E-state index < -0.39 is 10.0 Å². The lowest BCUT2D eigenvalue weighted by molar-refractivity contribution is -0.918. The largest absolute Gasteiger partial charge is 0.346 e. The molecule has 2 N–H and O–H groups in total. The summed E-state index contributed by atoms with van der Waals surface area (Å²) in [6.45, 7) is 2.78. The Labute approximate surface area is 164 Å². The van der Waals surface area contributed by atoms with Crippen LogP contribution in [0.15, 0.2) is 46.7 Å². The Bertz CT molecular complexity index is 873. The Morgan fingerprint density at radius 3 is 2.59 bits per heavy atom. The smallest absolute Gasteiger partial charge is 0.251 e. The van der Waals surface area contributed by atoms with E-state index in [1.165, 1.54) is 48.8 Å². The van der Waals surface area contributed by atoms with Crippen LogP contribution < -0.4 is 10.2 Å². The van der Waals surface area contributed by atoms with Crippen molar-refractivity contribution in [2.75, 3.05) is 33.7 Å². The minimum Gasteiger partial charge on any atom is -0.346 e. The van der Waals surface area contributed by atoms with E-state index in [4.69, 9.17) is 0 Å². The van der Waals surface area contributed by atoms with Crippen LogP contribution in [0, 0.1) is 0 Å². The highest BCUT2D eigenvalue weighted by Crippen LogP contribution is 2.18. The Morgan fingerprint density at radius 1 is 1.22 bits per heavy atom. The molecule has 0 aliphatic carbocycles. The first kappa shape index (κ1) is 20.0. The van der Waals surface area contributed by atoms with E-state index in [9.17, 15) is 13.2 Å². The van der Waals surface area contributed by atoms with Crippen molar-refractivity contribution in [3.05, 3.63) is 52.2 Å². The molecule has 3 rings (SSSR count). The third-order valence-electron chi connectivity index (χ3n) is 4.97. The van der Waals surface area contributed by atoms with Gasteiger partial charge in [0.15, 0.2) is 0 Å². The molecule has 1 amide bonds. The van der Waals surface area contributed by atoms with Crippen LogP contribution >= 0.6 is 11.3 Å². The van der Waals surface area contributed by atoms with E-state index in [0.29, 0.717) is 12.1 Å². The van der Waals surface area contributed by atoms with Crippen molar-refractivity contribution >= 4 is 27.3 Å². The maximum absolute atomic E-state index is 12.7. The van der Waals surface area contributed by atoms with Gasteiger partial charge in [-0.05, 0) is 29.6 Å². The number of sulfonamides is 1. The number of amides is 1. The first-order chi connectivity index (χ1) is 12.9. The molecule has 2 heterocycles. The lowest BCUT2D eigenvalue weighted by Gasteiger charge is -2.24. The van der Waals surface area contributed by atoms with Gasteiger partial charge in [0.1, 0.15) is 6.04 Å². The summed E-state index contributed by atoms with van der Waals surface area (Å²) in [6.07, 6.45) is 2.44. The predicted octanol–water partition coefficient (Wildman–Crippen LogP) is 1.15. The minimum atomic E-state index is -3.56. The van der Waals surface area contributed by atoms with Crippen molar-refractivity contribution in [2.24, 2.45) is 0 Å². The van der Waals surface area contributed by atoms with Gasteiger partial charge in [0, 0.05) is 32.5 Å². The Balaban J connectivity index is 1.73. The molecule has 0 radical (unpaired) electrons. The monoisotopic (exact) mass is 408 g/mol. The highest BCUT2D eigenvalue weighted by molar-refractivity contribution is 7.89. The van der Waals surface area contributed by atoms with Gasteiger partial charge < -0.3 is 10.2 Å². The van der Waals surface area contributed by atoms with Crippen LogP contribution in [0.1, 0.15) is 34.1 Å². The molecule has 27 heavy (non-hydrogen) atoms. The summed E-state index contributed by atoms with van der Waals surface area (Å²) in [5.74, 6) is -0.244. The SMILES string of the molecule is CN(C)S(=O)(=O)c1cccc(C(=O)NC[C@@H](c2cccs2)[NH+]2CCCC2)c1. The molecule has 0 unspecified atom stereocenters. The number of hydrogen-bond acceptors (Lipinski definition) is 4. The molecule has 1 aliphatic rings. The average Bonchev–Trinajstić information content (AvgIpc) is 3.36. The van der Waals surface area contributed by atoms with Gasteiger partial charge >= 0.3 is 0 Å². The number of rotatable bonds is 7. The summed E-state index contributed by atoms with van der Waals surface area (Å²) in [4.78, 5) is 15.6. The molecule has 0 saturated carbocycles. The summed E-state index contributed by atoms with van der Waals surface area (Å²) < 4.78 is 25.7. The average molecular weight is 409 g/mol. The topological polar surface area (TPSA) is 70.9 Å². The Kier molecular flexibility index (Phi) is 6.31. The molecular weight excluding hydrogens is 382 g/mol. The molecular formula is C19H26N3O3S2+. The highest BCUT2D eigenvalue weighted by Gasteiger charge is 2.28. The van der Waals surface area contributed by atoms with Crippen LogP contribution in [0.3, 0.4) is 0 Å². The zero-order valence-corrected chi connectivity index (χ0v) is 17.3. The first-order valence-corrected chi connectivity index (χ1v) is 11.4. The third-order valence-corrected chi connectivity index (χ3v) is 7.76. The van der Waals surface area contributed by atoms with E-state index >= 15 is 0 Å². The summed E-state index contributed by atoms with van der Waals surface area (Å²) in [5.41, 5.74) is 0.360. The number of hydrogen-bond donors (Lipinski definition) is 2. The quantitative estimate of drug-likeness (QED) is 0.722. The van der Waals surface area contributed by atoms with Crippen LogP contribution in [0.5, 0.6) is 0 Å². The lowest BCUT2D eigenvalue weighted by atomic mass is 10.2. The molecule has 6 nitrogen and oxygen atoms in total. The molecule has 146 valence electrons. The number of nitrogens with zero attached hydrogens (tertiary/aromatic N) is 1. The zero-order chi connectivity index (χ0) is 19.4. The fourth-order valence-corrected chi connectivity index (χ4v) is 5.25. The number of quaternary nitrogens is 1. The molecule has 1 aromatic carbocycles. The van der Waals surface area contributed by atoms with Gasteiger partial charge in [0.05, 0.1) is 29.4 Å². The lowest BCUT2D eigenvalue weighted by Crippen LogP contribution is -3.11. The van der Waals surface area contributed by atoms with Crippen molar-refractivity contribution in [3.63, 3.8) is 0 Å². The Morgan fingerprint density at radius 2 is 1.96 bits per heavy atom. The first-order valence-electron chi connectivity index (χ1n) is 9.08. The summed E-state index contributed by atoms with van der Waals surface area (Å²) in [7, 11) is -0.604. The summed E-state index contributed by atoms with van der Waals surface area (Å²) >= 11 is 1.72. The highest BCUT2D eigenvalue weighted by atomic mass is 32.2. The number of thiophene rings is 1. The second-order valence-electron chi connectivity index (χ2n) is 6.96. The minimum absolute atomic E-state index is 0.125. The van der Waals surface area contributed by atoms with Crippen LogP contribution in [-0.2, 0) is 10.0 Å². The van der Waals surface area contributed by atoms with Gasteiger partial charge in [-0.3, -0.25) is 4.79 Å². The van der Waals surface area contributed by atoms with E-state index in [2.05, 4.69) is 16.8 Å². The summed E-state index contributed by atoms with van der Waals surface area (Å²) in [5, 5.41) is 5.08. The molecule has 0 bridgehead atoms. The molecule has 8 heteroatoms. The molecule has 1 saturated heterocycles. The Hall–Kier alpha value is -1.74. The van der Waals surface area contributed by atoms with Gasteiger partial charge in [0.2, 0.25) is 10.0 Å². The predicted molar refractivity (Wildman–Crippen MR) is 107 cm³/mol. The van der Waals surface area contributed by atoms with Gasteiger partial charge in [-0.2, -0.15) is 0 Å². The van der Waals surface area contributed by atoms with Gasteiger partial charge in [-0.25, -0.2) is 12.7 Å². The van der Waals surface area contributed by atoms with Crippen molar-refractivity contribution < 1.29 is 18.1 Å². The number of benzene rings is 1. The fourth-order valence-electron chi connectivity index (χ4n) is 3.42. The van der Waals surface area contributed by atoms with Gasteiger partial charge in [-0.15, -0.1) is 11.3 Å². The van der Waals surface area contributed by atoms with Crippen LogP contribution in [0.2, 0.25) is 0 Å². The van der Waals surface area contributed by atoms with E-state index in [1.807, 2.05) is 6.07 Å². The van der Waals surface area contributed by atoms with Crippen LogP contribution in [0.4, 0.5) is 0 Å². The number of carbonyl (C=O) groups is 1. The van der Waals surface area contributed by atoms with E-state index in [-0.39, 0.29) is 16.8 Å². The van der Waals surface area contributed by atoms with E-state index in [1.54, 1.807) is 23.5 Å². The molecule has 1 atom stereocenters. The number of nitrogens with one attached hydrogen (secondary N) is 2. The van der Waals surface area contributed by atoms with Crippen molar-refractivity contribution in [1.29, 1.82) is 0 Å². The molecule has 1 aliphatic heterocycles. The van der Waals surface area contributed by atoms with Crippen molar-refractivity contribution in [1.82, 2.24) is 9.62 Å². The van der Waals surface area contributed by atoms with E-state index in [0.717, 1.165) is 17.4 Å². The van der Waals surface area contributed by atoms with Gasteiger partial charge in [0.25, 0.3) is 5.91 Å². The van der Waals surface area contributed by atoms with Crippen molar-refractivity contribution in [2.45, 2.75) is 23.8 Å². The molecule has 1 aromatic heterocycles. The normalized spacial score (nSPS) is 16.6. The van der Waals surface area contributed by atoms with Gasteiger partial charge in [-0.1, -0.05) is 12.1 Å². The maximum atomic E-state index is 12.7. The second kappa shape index (κ2) is 8.52. The fraction of sp³-hybridized carbons (Fsp3) is 0.421. The molecule has 0 spiro atoms. The number of likely N-dealkylation sites (tertiary alicyclic amines) is 1. The third kappa shape index (κ3) is 4.57. The maximum Gasteiger partial charge on any atom is 0.251 e. The van der Waals surface area contributed by atoms with Crippen LogP contribution in [-0.4, -0.2) is 52.4 Å². The van der Waals surface area contributed by atoms with Crippen molar-refractivity contribution in [3.8, 4) is 0 Å². The van der Waals surface area contributed by atoms with Crippen LogP contribution in [0.25, 0.3) is 0 Å². The standard InChI is InChI=1S/C19H25N3O3S2/c1-21(2)27(24,25)16-8-5-7-15(13-16)19(23)20-14-17(18-9-6-12-26-18)22-10-3-4-11-22/h5-9,12-13,17H,3-4,10-11,14H2,1-2H3,(H,20,23)/p+1/t17-/m0/s1. The zero-order valence-electron chi connectivity index (χ0n) is 15.6. The summed E-state index contributed by atoms with van der Waals surface area (Å²) in [6, 6.07) is 10.6. The molecule has 1 fully saturated rings. The second-order valence-corrected chi connectivity index (χ2v) is 10.1.